The zero-order chi connectivity index (χ0) is 23.5. The standard InChI is InChI=1S/C27H34N4OS/c1-5-30-13-7-9-23(30)17-31(27(33)29-24-10-6-8-19(3)20(24)4)16-22-15-21-12-11-18(2)14-25(21)28-26(22)32/h6,8,10-12,14-15,23H,5,7,9,13,16-17H2,1-4H3,(H,28,32)(H,29,33)/t23-/m0/s1. The SMILES string of the molecule is CCN1CCC[C@H]1CN(Cc1cc2ccc(C)cc2[nH]c1=O)C(=S)Nc1cccc(C)c1C. The van der Waals surface area contributed by atoms with Gasteiger partial charge in [-0.1, -0.05) is 31.2 Å². The Labute approximate surface area is 201 Å². The maximum Gasteiger partial charge on any atom is 0.253 e. The van der Waals surface area contributed by atoms with Crippen molar-refractivity contribution in [2.24, 2.45) is 0 Å². The Morgan fingerprint density at radius 2 is 2.03 bits per heavy atom. The van der Waals surface area contributed by atoms with Crippen LogP contribution in [0.25, 0.3) is 10.9 Å². The fraction of sp³-hybridized carbons (Fsp3) is 0.407. The fourth-order valence-corrected chi connectivity index (χ4v) is 5.00. The number of thiocarbonyl (C=S) groups is 1. The molecule has 3 aromatic rings. The number of benzene rings is 2. The van der Waals surface area contributed by atoms with E-state index in [1.165, 1.54) is 17.5 Å². The highest BCUT2D eigenvalue weighted by molar-refractivity contribution is 7.80. The number of hydrogen-bond acceptors (Lipinski definition) is 3. The molecule has 1 aliphatic heterocycles. The predicted octanol–water partition coefficient (Wildman–Crippen LogP) is 5.14. The van der Waals surface area contributed by atoms with Gasteiger partial charge < -0.3 is 15.2 Å². The molecule has 0 radical (unpaired) electrons. The van der Waals surface area contributed by atoms with E-state index in [1.54, 1.807) is 0 Å². The first kappa shape index (κ1) is 23.5. The topological polar surface area (TPSA) is 51.4 Å². The second kappa shape index (κ2) is 10.1. The van der Waals surface area contributed by atoms with Crippen molar-refractivity contribution in [3.05, 3.63) is 75.1 Å². The molecule has 0 saturated carbocycles. The van der Waals surface area contributed by atoms with Crippen molar-refractivity contribution in [2.75, 3.05) is 25.0 Å². The molecule has 4 rings (SSSR count). The van der Waals surface area contributed by atoms with E-state index in [1.807, 2.05) is 25.1 Å². The largest absolute Gasteiger partial charge is 0.343 e. The molecule has 6 heteroatoms. The van der Waals surface area contributed by atoms with E-state index in [0.29, 0.717) is 17.7 Å². The zero-order valence-corrected chi connectivity index (χ0v) is 20.9. The predicted molar refractivity (Wildman–Crippen MR) is 142 cm³/mol. The van der Waals surface area contributed by atoms with Crippen LogP contribution in [-0.4, -0.2) is 45.6 Å². The van der Waals surface area contributed by atoms with Gasteiger partial charge in [0.2, 0.25) is 0 Å². The molecular formula is C27H34N4OS. The van der Waals surface area contributed by atoms with Gasteiger partial charge in [-0.15, -0.1) is 0 Å². The van der Waals surface area contributed by atoms with Crippen LogP contribution < -0.4 is 10.9 Å². The third-order valence-electron chi connectivity index (χ3n) is 6.91. The molecule has 0 bridgehead atoms. The molecule has 1 atom stereocenters. The number of nitrogens with zero attached hydrogens (tertiary/aromatic N) is 2. The summed E-state index contributed by atoms with van der Waals surface area (Å²) >= 11 is 5.91. The minimum absolute atomic E-state index is 0.0496. The Morgan fingerprint density at radius 3 is 2.82 bits per heavy atom. The van der Waals surface area contributed by atoms with Gasteiger partial charge in [0.15, 0.2) is 5.11 Å². The van der Waals surface area contributed by atoms with Gasteiger partial charge in [-0.3, -0.25) is 9.69 Å². The minimum Gasteiger partial charge on any atom is -0.343 e. The number of aryl methyl sites for hydroxylation is 2. The van der Waals surface area contributed by atoms with Crippen molar-refractivity contribution in [3.63, 3.8) is 0 Å². The van der Waals surface area contributed by atoms with Gasteiger partial charge in [0.1, 0.15) is 0 Å². The van der Waals surface area contributed by atoms with E-state index in [2.05, 4.69) is 65.1 Å². The highest BCUT2D eigenvalue weighted by Crippen LogP contribution is 2.22. The lowest BCUT2D eigenvalue weighted by molar-refractivity contribution is 0.221. The molecule has 1 aromatic heterocycles. The molecular weight excluding hydrogens is 428 g/mol. The lowest BCUT2D eigenvalue weighted by atomic mass is 10.1. The Balaban J connectivity index is 1.63. The molecule has 0 aliphatic carbocycles. The summed E-state index contributed by atoms with van der Waals surface area (Å²) in [6.45, 7) is 11.9. The molecule has 5 nitrogen and oxygen atoms in total. The van der Waals surface area contributed by atoms with Crippen LogP contribution in [0.3, 0.4) is 0 Å². The number of likely N-dealkylation sites (tertiary alicyclic amines) is 1. The number of fused-ring (bicyclic) bond motifs is 1. The fourth-order valence-electron chi connectivity index (χ4n) is 4.76. The Bertz CT molecular complexity index is 1220. The average Bonchev–Trinajstić information content (AvgIpc) is 3.24. The number of anilines is 1. The van der Waals surface area contributed by atoms with Crippen LogP contribution >= 0.6 is 12.2 Å². The quantitative estimate of drug-likeness (QED) is 0.497. The molecule has 0 unspecified atom stereocenters. The van der Waals surface area contributed by atoms with Gasteiger partial charge in [0.05, 0.1) is 6.54 Å². The Kier molecular flexibility index (Phi) is 7.15. The molecule has 1 aliphatic rings. The number of aromatic nitrogens is 1. The number of aromatic amines is 1. The van der Waals surface area contributed by atoms with Crippen molar-refractivity contribution in [1.29, 1.82) is 0 Å². The van der Waals surface area contributed by atoms with E-state index in [-0.39, 0.29) is 5.56 Å². The summed E-state index contributed by atoms with van der Waals surface area (Å²) in [5.41, 5.74) is 6.13. The molecule has 2 N–H and O–H groups in total. The van der Waals surface area contributed by atoms with E-state index in [9.17, 15) is 4.79 Å². The van der Waals surface area contributed by atoms with E-state index < -0.39 is 0 Å². The molecule has 1 saturated heterocycles. The van der Waals surface area contributed by atoms with Crippen LogP contribution in [0.2, 0.25) is 0 Å². The minimum atomic E-state index is -0.0496. The number of rotatable bonds is 6. The smallest absolute Gasteiger partial charge is 0.253 e. The van der Waals surface area contributed by atoms with Crippen LogP contribution in [0.4, 0.5) is 5.69 Å². The van der Waals surface area contributed by atoms with Crippen LogP contribution in [0, 0.1) is 20.8 Å². The first-order valence-electron chi connectivity index (χ1n) is 11.8. The Morgan fingerprint density at radius 1 is 1.21 bits per heavy atom. The van der Waals surface area contributed by atoms with Crippen molar-refractivity contribution < 1.29 is 0 Å². The number of hydrogen-bond donors (Lipinski definition) is 2. The second-order valence-electron chi connectivity index (χ2n) is 9.20. The maximum atomic E-state index is 13.0. The lowest BCUT2D eigenvalue weighted by Gasteiger charge is -2.32. The van der Waals surface area contributed by atoms with Gasteiger partial charge in [0, 0.05) is 29.4 Å². The van der Waals surface area contributed by atoms with Crippen LogP contribution in [0.5, 0.6) is 0 Å². The molecule has 1 fully saturated rings. The number of nitrogens with one attached hydrogen (secondary N) is 2. The Hall–Kier alpha value is -2.70. The molecule has 2 heterocycles. The van der Waals surface area contributed by atoms with Gasteiger partial charge >= 0.3 is 0 Å². The van der Waals surface area contributed by atoms with Crippen LogP contribution in [0.1, 0.15) is 42.0 Å². The molecule has 33 heavy (non-hydrogen) atoms. The summed E-state index contributed by atoms with van der Waals surface area (Å²) in [6.07, 6.45) is 2.36. The normalized spacial score (nSPS) is 16.3. The number of likely N-dealkylation sites (N-methyl/N-ethyl adjacent to an activating group) is 1. The molecule has 2 aromatic carbocycles. The van der Waals surface area contributed by atoms with Crippen molar-refractivity contribution >= 4 is 33.9 Å². The van der Waals surface area contributed by atoms with Crippen molar-refractivity contribution in [2.45, 2.75) is 53.1 Å². The van der Waals surface area contributed by atoms with Gasteiger partial charge in [-0.25, -0.2) is 0 Å². The van der Waals surface area contributed by atoms with Crippen LogP contribution in [-0.2, 0) is 6.54 Å². The summed E-state index contributed by atoms with van der Waals surface area (Å²) in [7, 11) is 0. The number of H-pyrrole nitrogens is 1. The first-order chi connectivity index (χ1) is 15.9. The summed E-state index contributed by atoms with van der Waals surface area (Å²) in [5, 5.41) is 5.17. The maximum absolute atomic E-state index is 13.0. The van der Waals surface area contributed by atoms with E-state index in [4.69, 9.17) is 12.2 Å². The summed E-state index contributed by atoms with van der Waals surface area (Å²) in [5.74, 6) is 0. The molecule has 174 valence electrons. The monoisotopic (exact) mass is 462 g/mol. The summed E-state index contributed by atoms with van der Waals surface area (Å²) in [4.78, 5) is 20.7. The molecule has 0 spiro atoms. The summed E-state index contributed by atoms with van der Waals surface area (Å²) in [6, 6.07) is 14.8. The highest BCUT2D eigenvalue weighted by Gasteiger charge is 2.27. The highest BCUT2D eigenvalue weighted by atomic mass is 32.1. The van der Waals surface area contributed by atoms with Gasteiger partial charge in [-0.05, 0) is 99.2 Å². The number of pyridine rings is 1. The van der Waals surface area contributed by atoms with Gasteiger partial charge in [0.25, 0.3) is 5.56 Å². The van der Waals surface area contributed by atoms with Gasteiger partial charge in [-0.2, -0.15) is 0 Å². The van der Waals surface area contributed by atoms with E-state index in [0.717, 1.165) is 53.8 Å². The zero-order valence-electron chi connectivity index (χ0n) is 20.1. The van der Waals surface area contributed by atoms with Crippen molar-refractivity contribution in [1.82, 2.24) is 14.8 Å². The second-order valence-corrected chi connectivity index (χ2v) is 9.58. The molecule has 0 amide bonds. The van der Waals surface area contributed by atoms with Crippen LogP contribution in [0.15, 0.2) is 47.3 Å². The third-order valence-corrected chi connectivity index (χ3v) is 7.27. The van der Waals surface area contributed by atoms with Crippen molar-refractivity contribution in [3.8, 4) is 0 Å². The summed E-state index contributed by atoms with van der Waals surface area (Å²) < 4.78 is 0. The third kappa shape index (κ3) is 5.28. The average molecular weight is 463 g/mol. The lowest BCUT2D eigenvalue weighted by Crippen LogP contribution is -2.45. The van der Waals surface area contributed by atoms with E-state index >= 15 is 0 Å². The first-order valence-corrected chi connectivity index (χ1v) is 12.2.